The van der Waals surface area contributed by atoms with Crippen LogP contribution in [0.1, 0.15) is 5.56 Å². The van der Waals surface area contributed by atoms with E-state index in [0.717, 1.165) is 49.7 Å². The molecule has 3 heterocycles. The van der Waals surface area contributed by atoms with Gasteiger partial charge in [0.2, 0.25) is 5.89 Å². The molecule has 6 rings (SSSR count). The number of nitrogens with one attached hydrogen (secondary N) is 1. The first kappa shape index (κ1) is 16.4. The number of hydrogen-bond donors (Lipinski definition) is 1. The Bertz CT molecular complexity index is 1430. The summed E-state index contributed by atoms with van der Waals surface area (Å²) in [4.78, 5) is 9.53. The molecule has 1 aliphatic heterocycles. The molecular formula is C24H15N3OS. The Morgan fingerprint density at radius 1 is 0.759 bits per heavy atom. The summed E-state index contributed by atoms with van der Waals surface area (Å²) in [6.45, 7) is 0. The van der Waals surface area contributed by atoms with E-state index in [1.807, 2.05) is 47.9 Å². The van der Waals surface area contributed by atoms with Gasteiger partial charge in [-0.3, -0.25) is 0 Å². The van der Waals surface area contributed by atoms with Gasteiger partial charge in [0.05, 0.1) is 16.7 Å². The van der Waals surface area contributed by atoms with Crippen LogP contribution in [-0.4, -0.2) is 9.97 Å². The normalized spacial score (nSPS) is 13.7. The highest BCUT2D eigenvalue weighted by Crippen LogP contribution is 2.29. The minimum absolute atomic E-state index is 0.615. The van der Waals surface area contributed by atoms with Crippen molar-refractivity contribution in [1.29, 1.82) is 0 Å². The lowest BCUT2D eigenvalue weighted by atomic mass is 10.1. The molecule has 138 valence electrons. The minimum Gasteiger partial charge on any atom is -0.436 e. The van der Waals surface area contributed by atoms with Crippen molar-refractivity contribution in [2.45, 2.75) is 0 Å². The fourth-order valence-corrected chi connectivity index (χ4v) is 4.12. The summed E-state index contributed by atoms with van der Waals surface area (Å²) in [6, 6.07) is 22.5. The molecule has 0 bridgehead atoms. The van der Waals surface area contributed by atoms with Gasteiger partial charge in [-0.05, 0) is 59.8 Å². The summed E-state index contributed by atoms with van der Waals surface area (Å²) < 4.78 is 9.25. The predicted molar refractivity (Wildman–Crippen MR) is 120 cm³/mol. The fourth-order valence-electron chi connectivity index (χ4n) is 3.58. The molecule has 0 aliphatic carbocycles. The molecule has 29 heavy (non-hydrogen) atoms. The number of hydrogen-bond acceptors (Lipinski definition) is 5. The molecule has 3 aromatic carbocycles. The number of para-hydroxylation sites is 2. The van der Waals surface area contributed by atoms with Crippen molar-refractivity contribution < 1.29 is 4.42 Å². The zero-order chi connectivity index (χ0) is 19.2. The lowest BCUT2D eigenvalue weighted by Crippen LogP contribution is -2.03. The Labute approximate surface area is 171 Å². The highest BCUT2D eigenvalue weighted by atomic mass is 32.2. The molecule has 0 unspecified atom stereocenters. The third-order valence-corrected chi connectivity index (χ3v) is 5.67. The Morgan fingerprint density at radius 3 is 2.34 bits per heavy atom. The Kier molecular flexibility index (Phi) is 3.67. The van der Waals surface area contributed by atoms with E-state index in [1.54, 1.807) is 11.9 Å². The number of allylic oxidation sites excluding steroid dienone is 2. The van der Waals surface area contributed by atoms with Gasteiger partial charge < -0.3 is 9.14 Å². The second-order valence-corrected chi connectivity index (χ2v) is 7.63. The topological polar surface area (TPSA) is 51.0 Å². The molecule has 5 heteroatoms. The van der Waals surface area contributed by atoms with Crippen LogP contribution in [-0.2, 0) is 0 Å². The van der Waals surface area contributed by atoms with Crippen LogP contribution in [0.25, 0.3) is 50.1 Å². The highest BCUT2D eigenvalue weighted by Gasteiger charge is 2.10. The number of nitrogens with zero attached hydrogens (tertiary/aromatic N) is 2. The summed E-state index contributed by atoms with van der Waals surface area (Å²) in [5.74, 6) is 0.615. The quantitative estimate of drug-likeness (QED) is 0.282. The van der Waals surface area contributed by atoms with Crippen LogP contribution in [0.15, 0.2) is 88.7 Å². The minimum atomic E-state index is 0.615. The molecule has 5 aromatic rings. The molecule has 1 N–H and O–H groups in total. The lowest BCUT2D eigenvalue weighted by Gasteiger charge is -2.12. The van der Waals surface area contributed by atoms with Crippen LogP contribution < -0.4 is 4.72 Å². The molecule has 4 nitrogen and oxygen atoms in total. The van der Waals surface area contributed by atoms with Crippen molar-refractivity contribution in [3.8, 4) is 11.5 Å². The van der Waals surface area contributed by atoms with Gasteiger partial charge in [0.25, 0.3) is 0 Å². The van der Waals surface area contributed by atoms with Gasteiger partial charge in [0.1, 0.15) is 5.52 Å². The van der Waals surface area contributed by atoms with Gasteiger partial charge >= 0.3 is 0 Å². The van der Waals surface area contributed by atoms with Gasteiger partial charge in [0, 0.05) is 21.9 Å². The lowest BCUT2D eigenvalue weighted by molar-refractivity contribution is 0.620. The number of pyridine rings is 1. The summed E-state index contributed by atoms with van der Waals surface area (Å²) in [6.07, 6.45) is 4.12. The molecule has 0 radical (unpaired) electrons. The first-order valence-electron chi connectivity index (χ1n) is 9.33. The number of fused-ring (bicyclic) bond motifs is 3. The maximum atomic E-state index is 5.93. The predicted octanol–water partition coefficient (Wildman–Crippen LogP) is 6.30. The molecule has 0 atom stereocenters. The molecule has 0 saturated carbocycles. The molecule has 1 aliphatic rings. The third-order valence-electron chi connectivity index (χ3n) is 5.04. The van der Waals surface area contributed by atoms with Gasteiger partial charge in [-0.2, -0.15) is 0 Å². The SMILES string of the molecule is C1=CSNC(c2ccc3cc4ccc(-c5nc6ccccc6o5)cc4nc3c2)=C1. The second-order valence-electron chi connectivity index (χ2n) is 6.92. The van der Waals surface area contributed by atoms with Crippen molar-refractivity contribution in [1.82, 2.24) is 14.7 Å². The fraction of sp³-hybridized carbons (Fsp3) is 0. The zero-order valence-electron chi connectivity index (χ0n) is 15.3. The number of benzene rings is 3. The highest BCUT2D eigenvalue weighted by molar-refractivity contribution is 8.00. The standard InChI is InChI=1S/C24H15N3OS/c1-2-6-23-20(4-1)26-24(28-23)18-10-9-16-12-15-7-8-17(19-5-3-11-29-27-19)13-21(15)25-22(16)14-18/h1-14,27H. The molecule has 0 amide bonds. The van der Waals surface area contributed by atoms with Crippen LogP contribution in [0.4, 0.5) is 0 Å². The van der Waals surface area contributed by atoms with Crippen LogP contribution >= 0.6 is 11.9 Å². The van der Waals surface area contributed by atoms with Gasteiger partial charge in [-0.15, -0.1) is 0 Å². The first-order valence-corrected chi connectivity index (χ1v) is 10.2. The average molecular weight is 393 g/mol. The van der Waals surface area contributed by atoms with Crippen LogP contribution in [0, 0.1) is 0 Å². The average Bonchev–Trinajstić information content (AvgIpc) is 3.22. The largest absolute Gasteiger partial charge is 0.436 e. The molecule has 0 saturated heterocycles. The van der Waals surface area contributed by atoms with Crippen LogP contribution in [0.2, 0.25) is 0 Å². The summed E-state index contributed by atoms with van der Waals surface area (Å²) in [5.41, 5.74) is 6.67. The van der Waals surface area contributed by atoms with Gasteiger partial charge in [-0.1, -0.05) is 36.4 Å². The Morgan fingerprint density at radius 2 is 1.55 bits per heavy atom. The van der Waals surface area contributed by atoms with Crippen molar-refractivity contribution in [2.75, 3.05) is 0 Å². The smallest absolute Gasteiger partial charge is 0.227 e. The van der Waals surface area contributed by atoms with Crippen molar-refractivity contribution in [3.63, 3.8) is 0 Å². The van der Waals surface area contributed by atoms with E-state index in [0.29, 0.717) is 5.89 Å². The third kappa shape index (κ3) is 2.87. The number of oxazole rings is 1. The van der Waals surface area contributed by atoms with Crippen LogP contribution in [0.5, 0.6) is 0 Å². The summed E-state index contributed by atoms with van der Waals surface area (Å²) in [5, 5.41) is 4.23. The molecule has 2 aromatic heterocycles. The molecular weight excluding hydrogens is 378 g/mol. The van der Waals surface area contributed by atoms with E-state index in [4.69, 9.17) is 9.40 Å². The van der Waals surface area contributed by atoms with Gasteiger partial charge in [-0.25, -0.2) is 9.97 Å². The summed E-state index contributed by atoms with van der Waals surface area (Å²) in [7, 11) is 0. The molecule has 0 spiro atoms. The van der Waals surface area contributed by atoms with Crippen molar-refractivity contribution in [2.24, 2.45) is 0 Å². The Hall–Kier alpha value is -3.57. The zero-order valence-corrected chi connectivity index (χ0v) is 16.1. The number of aromatic nitrogens is 2. The first-order chi connectivity index (χ1) is 14.3. The Balaban J connectivity index is 1.48. The van der Waals surface area contributed by atoms with Gasteiger partial charge in [0.15, 0.2) is 5.58 Å². The van der Waals surface area contributed by atoms with Crippen molar-refractivity contribution in [3.05, 3.63) is 89.9 Å². The molecule has 0 fully saturated rings. The van der Waals surface area contributed by atoms with E-state index in [9.17, 15) is 0 Å². The van der Waals surface area contributed by atoms with E-state index < -0.39 is 0 Å². The van der Waals surface area contributed by atoms with E-state index in [2.05, 4.69) is 46.1 Å². The van der Waals surface area contributed by atoms with Crippen LogP contribution in [0.3, 0.4) is 0 Å². The summed E-state index contributed by atoms with van der Waals surface area (Å²) >= 11 is 1.57. The van der Waals surface area contributed by atoms with E-state index >= 15 is 0 Å². The maximum Gasteiger partial charge on any atom is 0.227 e. The van der Waals surface area contributed by atoms with Crippen molar-refractivity contribution >= 4 is 50.6 Å². The monoisotopic (exact) mass is 393 g/mol. The van der Waals surface area contributed by atoms with E-state index in [1.165, 1.54) is 0 Å². The number of rotatable bonds is 2. The second kappa shape index (κ2) is 6.50. The maximum absolute atomic E-state index is 5.93. The van der Waals surface area contributed by atoms with E-state index in [-0.39, 0.29) is 0 Å².